The quantitative estimate of drug-likeness (QED) is 0.557. The molecule has 0 fully saturated rings. The maximum Gasteiger partial charge on any atom is 0.253 e. The molecule has 2 aromatic rings. The van der Waals surface area contributed by atoms with E-state index in [4.69, 9.17) is 11.5 Å². The van der Waals surface area contributed by atoms with E-state index < -0.39 is 0 Å². The number of anilines is 1. The van der Waals surface area contributed by atoms with E-state index in [2.05, 4.69) is 5.32 Å². The highest BCUT2D eigenvalue weighted by Gasteiger charge is 2.10. The second-order valence-corrected chi connectivity index (χ2v) is 4.97. The Bertz CT molecular complexity index is 668. The zero-order chi connectivity index (χ0) is 15.2. The van der Waals surface area contributed by atoms with Gasteiger partial charge >= 0.3 is 0 Å². The Morgan fingerprint density at radius 1 is 1.05 bits per heavy atom. The third kappa shape index (κ3) is 3.95. The van der Waals surface area contributed by atoms with Gasteiger partial charge in [-0.3, -0.25) is 9.59 Å². The molecule has 0 atom stereocenters. The highest BCUT2D eigenvalue weighted by atomic mass is 16.2. The molecule has 5 N–H and O–H groups in total. The van der Waals surface area contributed by atoms with Crippen molar-refractivity contribution >= 4 is 28.3 Å². The number of nitrogen functional groups attached to an aromatic ring is 1. The van der Waals surface area contributed by atoms with Crippen LogP contribution >= 0.6 is 0 Å². The van der Waals surface area contributed by atoms with Gasteiger partial charge < -0.3 is 16.8 Å². The van der Waals surface area contributed by atoms with Crippen LogP contribution in [0.3, 0.4) is 0 Å². The Balaban J connectivity index is 1.99. The van der Waals surface area contributed by atoms with E-state index in [1.54, 1.807) is 12.1 Å². The molecule has 0 saturated heterocycles. The minimum atomic E-state index is -0.319. The van der Waals surface area contributed by atoms with Gasteiger partial charge in [0.2, 0.25) is 5.91 Å². The summed E-state index contributed by atoms with van der Waals surface area (Å²) in [5.74, 6) is -0.516. The van der Waals surface area contributed by atoms with Crippen LogP contribution in [0.25, 0.3) is 10.8 Å². The first-order chi connectivity index (χ1) is 10.1. The lowest BCUT2D eigenvalue weighted by Crippen LogP contribution is -2.25. The number of hydrogen-bond donors (Lipinski definition) is 3. The van der Waals surface area contributed by atoms with Crippen LogP contribution < -0.4 is 16.8 Å². The van der Waals surface area contributed by atoms with Crippen LogP contribution in [0.15, 0.2) is 36.4 Å². The monoisotopic (exact) mass is 285 g/mol. The first-order valence-electron chi connectivity index (χ1n) is 6.92. The summed E-state index contributed by atoms with van der Waals surface area (Å²) in [5, 5.41) is 4.79. The van der Waals surface area contributed by atoms with E-state index in [9.17, 15) is 9.59 Å². The van der Waals surface area contributed by atoms with Gasteiger partial charge in [0.15, 0.2) is 0 Å². The number of nitrogens with two attached hydrogens (primary N) is 2. The van der Waals surface area contributed by atoms with Gasteiger partial charge in [0.1, 0.15) is 0 Å². The molecule has 2 aromatic carbocycles. The molecular formula is C16H19N3O2. The number of fused-ring (bicyclic) bond motifs is 1. The van der Waals surface area contributed by atoms with Crippen LogP contribution in [0.1, 0.15) is 29.6 Å². The lowest BCUT2D eigenvalue weighted by molar-refractivity contribution is -0.118. The van der Waals surface area contributed by atoms with Crippen molar-refractivity contribution in [3.63, 3.8) is 0 Å². The van der Waals surface area contributed by atoms with Crippen LogP contribution in [0.4, 0.5) is 5.69 Å². The number of amides is 2. The van der Waals surface area contributed by atoms with E-state index in [1.165, 1.54) is 0 Å². The average molecular weight is 285 g/mol. The van der Waals surface area contributed by atoms with E-state index >= 15 is 0 Å². The SMILES string of the molecule is NC(=O)CCCCNC(=O)c1cc2ccccc2cc1N. The Kier molecular flexibility index (Phi) is 4.77. The summed E-state index contributed by atoms with van der Waals surface area (Å²) in [6, 6.07) is 11.3. The number of rotatable bonds is 6. The standard InChI is InChI=1S/C16H19N3O2/c17-14-10-12-6-2-1-5-11(12)9-13(14)16(21)19-8-4-3-7-15(18)20/h1-2,5-6,9-10H,3-4,7-8,17H2,(H2,18,20)(H,19,21). The minimum Gasteiger partial charge on any atom is -0.398 e. The Hall–Kier alpha value is -2.56. The molecule has 0 aromatic heterocycles. The second-order valence-electron chi connectivity index (χ2n) is 4.97. The molecule has 0 bridgehead atoms. The molecule has 0 spiro atoms. The number of primary amides is 1. The van der Waals surface area contributed by atoms with Crippen molar-refractivity contribution in [2.24, 2.45) is 5.73 Å². The van der Waals surface area contributed by atoms with Crippen LogP contribution in [-0.2, 0) is 4.79 Å². The Morgan fingerprint density at radius 3 is 2.38 bits per heavy atom. The average Bonchev–Trinajstić information content (AvgIpc) is 2.45. The van der Waals surface area contributed by atoms with E-state index in [-0.39, 0.29) is 11.8 Å². The van der Waals surface area contributed by atoms with Crippen molar-refractivity contribution in [2.75, 3.05) is 12.3 Å². The molecule has 5 heteroatoms. The predicted octanol–water partition coefficient (Wildman–Crippen LogP) is 1.81. The van der Waals surface area contributed by atoms with Gasteiger partial charge in [-0.15, -0.1) is 0 Å². The largest absolute Gasteiger partial charge is 0.398 e. The van der Waals surface area contributed by atoms with E-state index in [1.807, 2.05) is 24.3 Å². The van der Waals surface area contributed by atoms with Crippen LogP contribution in [-0.4, -0.2) is 18.4 Å². The summed E-state index contributed by atoms with van der Waals surface area (Å²) in [6.07, 6.45) is 1.72. The molecule has 0 heterocycles. The first-order valence-corrected chi connectivity index (χ1v) is 6.92. The maximum absolute atomic E-state index is 12.1. The molecule has 0 aliphatic rings. The number of nitrogens with one attached hydrogen (secondary N) is 1. The summed E-state index contributed by atoms with van der Waals surface area (Å²) in [4.78, 5) is 22.7. The fourth-order valence-electron chi connectivity index (χ4n) is 2.18. The number of unbranched alkanes of at least 4 members (excludes halogenated alkanes) is 1. The molecule has 0 saturated carbocycles. The van der Waals surface area contributed by atoms with Crippen molar-refractivity contribution in [1.82, 2.24) is 5.32 Å². The molecular weight excluding hydrogens is 266 g/mol. The second kappa shape index (κ2) is 6.74. The van der Waals surface area contributed by atoms with Gasteiger partial charge in [-0.2, -0.15) is 0 Å². The molecule has 5 nitrogen and oxygen atoms in total. The topological polar surface area (TPSA) is 98.2 Å². The fraction of sp³-hybridized carbons (Fsp3) is 0.250. The molecule has 0 radical (unpaired) electrons. The highest BCUT2D eigenvalue weighted by Crippen LogP contribution is 2.21. The number of carbonyl (C=O) groups is 2. The van der Waals surface area contributed by atoms with E-state index in [0.717, 1.165) is 10.8 Å². The molecule has 2 amide bonds. The highest BCUT2D eigenvalue weighted by molar-refractivity contribution is 6.03. The molecule has 0 aliphatic heterocycles. The summed E-state index contributed by atoms with van der Waals surface area (Å²) in [6.45, 7) is 0.498. The molecule has 0 aliphatic carbocycles. The summed E-state index contributed by atoms with van der Waals surface area (Å²) < 4.78 is 0. The van der Waals surface area contributed by atoms with Crippen molar-refractivity contribution in [1.29, 1.82) is 0 Å². The first kappa shape index (κ1) is 14.8. The van der Waals surface area contributed by atoms with Crippen molar-refractivity contribution < 1.29 is 9.59 Å². The third-order valence-electron chi connectivity index (χ3n) is 3.30. The normalized spacial score (nSPS) is 10.5. The van der Waals surface area contributed by atoms with Gasteiger partial charge in [-0.1, -0.05) is 24.3 Å². The van der Waals surface area contributed by atoms with Crippen molar-refractivity contribution in [2.45, 2.75) is 19.3 Å². The Labute approximate surface area is 123 Å². The lowest BCUT2D eigenvalue weighted by Gasteiger charge is -2.09. The Morgan fingerprint density at radius 2 is 1.71 bits per heavy atom. The zero-order valence-electron chi connectivity index (χ0n) is 11.8. The summed E-state index contributed by atoms with van der Waals surface area (Å²) in [7, 11) is 0. The smallest absolute Gasteiger partial charge is 0.253 e. The number of carbonyl (C=O) groups excluding carboxylic acids is 2. The van der Waals surface area contributed by atoms with Crippen LogP contribution in [0.5, 0.6) is 0 Å². The van der Waals surface area contributed by atoms with Gasteiger partial charge in [0.25, 0.3) is 5.91 Å². The van der Waals surface area contributed by atoms with Crippen molar-refractivity contribution in [3.05, 3.63) is 42.0 Å². The lowest BCUT2D eigenvalue weighted by atomic mass is 10.0. The van der Waals surface area contributed by atoms with Crippen LogP contribution in [0.2, 0.25) is 0 Å². The molecule has 0 unspecified atom stereocenters. The predicted molar refractivity (Wildman–Crippen MR) is 83.7 cm³/mol. The third-order valence-corrected chi connectivity index (χ3v) is 3.30. The minimum absolute atomic E-state index is 0.197. The fourth-order valence-corrected chi connectivity index (χ4v) is 2.18. The van der Waals surface area contributed by atoms with Gasteiger partial charge in [0.05, 0.1) is 5.56 Å². The molecule has 2 rings (SSSR count). The zero-order valence-corrected chi connectivity index (χ0v) is 11.8. The van der Waals surface area contributed by atoms with Crippen molar-refractivity contribution in [3.8, 4) is 0 Å². The number of hydrogen-bond acceptors (Lipinski definition) is 3. The maximum atomic E-state index is 12.1. The summed E-state index contributed by atoms with van der Waals surface area (Å²) in [5.41, 5.74) is 11.9. The summed E-state index contributed by atoms with van der Waals surface area (Å²) >= 11 is 0. The van der Waals surface area contributed by atoms with Crippen LogP contribution in [0, 0.1) is 0 Å². The van der Waals surface area contributed by atoms with Gasteiger partial charge in [-0.25, -0.2) is 0 Å². The van der Waals surface area contributed by atoms with Gasteiger partial charge in [0, 0.05) is 18.7 Å². The molecule has 110 valence electrons. The molecule has 21 heavy (non-hydrogen) atoms. The van der Waals surface area contributed by atoms with Gasteiger partial charge in [-0.05, 0) is 35.7 Å². The number of benzene rings is 2. The van der Waals surface area contributed by atoms with E-state index in [0.29, 0.717) is 37.1 Å².